The minimum atomic E-state index is -0.445. The molecule has 17 heavy (non-hydrogen) atoms. The third-order valence-electron chi connectivity index (χ3n) is 1.74. The van der Waals surface area contributed by atoms with Gasteiger partial charge in [0, 0.05) is 24.9 Å². The van der Waals surface area contributed by atoms with Crippen LogP contribution >= 0.6 is 11.8 Å². The topological polar surface area (TPSA) is 56.3 Å². The summed E-state index contributed by atoms with van der Waals surface area (Å²) in [5.41, 5.74) is 0.982. The molecule has 88 valence electrons. The van der Waals surface area contributed by atoms with Crippen molar-refractivity contribution in [2.75, 3.05) is 12.9 Å². The molecule has 0 radical (unpaired) electrons. The normalized spacial score (nSPS) is 9.06. The van der Waals surface area contributed by atoms with Gasteiger partial charge in [-0.15, -0.1) is 0 Å². The van der Waals surface area contributed by atoms with Gasteiger partial charge in [0.25, 0.3) is 0 Å². The van der Waals surface area contributed by atoms with Crippen molar-refractivity contribution in [3.8, 4) is 11.8 Å². The Labute approximate surface area is 104 Å². The summed E-state index contributed by atoms with van der Waals surface area (Å²) >= 11 is 1.14. The molecule has 0 aliphatic rings. The van der Waals surface area contributed by atoms with Gasteiger partial charge in [0.1, 0.15) is 0 Å². The van der Waals surface area contributed by atoms with Crippen LogP contribution in [0.2, 0.25) is 0 Å². The smallest absolute Gasteiger partial charge is 0.339 e. The van der Waals surface area contributed by atoms with Gasteiger partial charge in [-0.1, -0.05) is 23.6 Å². The number of carbonyl (C=O) groups excluding carboxylic acids is 2. The zero-order valence-electron chi connectivity index (χ0n) is 9.52. The Morgan fingerprint density at radius 2 is 2.24 bits per heavy atom. The first kappa shape index (κ1) is 13.3. The Morgan fingerprint density at radius 1 is 1.47 bits per heavy atom. The number of methoxy groups -OCH3 is 1. The molecule has 0 fully saturated rings. The summed E-state index contributed by atoms with van der Waals surface area (Å²) in [6.45, 7) is 1.49. The maximum Gasteiger partial charge on any atom is 0.339 e. The van der Waals surface area contributed by atoms with Gasteiger partial charge in [-0.2, -0.15) is 0 Å². The van der Waals surface area contributed by atoms with Crippen molar-refractivity contribution in [3.05, 3.63) is 29.6 Å². The quantitative estimate of drug-likeness (QED) is 0.587. The molecule has 0 aliphatic heterocycles. The van der Waals surface area contributed by atoms with E-state index in [1.807, 2.05) is 0 Å². The summed E-state index contributed by atoms with van der Waals surface area (Å²) in [5, 5.41) is 0.0285. The fourth-order valence-electron chi connectivity index (χ4n) is 1.01. The van der Waals surface area contributed by atoms with Crippen LogP contribution in [0.5, 0.6) is 0 Å². The molecule has 0 aromatic carbocycles. The Morgan fingerprint density at radius 3 is 2.88 bits per heavy atom. The average Bonchev–Trinajstić information content (AvgIpc) is 2.34. The lowest BCUT2D eigenvalue weighted by Crippen LogP contribution is -2.01. The second kappa shape index (κ2) is 6.71. The molecule has 0 aliphatic carbocycles. The third-order valence-corrected chi connectivity index (χ3v) is 2.43. The number of pyridine rings is 1. The van der Waals surface area contributed by atoms with E-state index in [9.17, 15) is 9.59 Å². The van der Waals surface area contributed by atoms with E-state index in [0.717, 1.165) is 11.8 Å². The molecular formula is C12H11NO3S. The summed E-state index contributed by atoms with van der Waals surface area (Å²) in [5.74, 6) is 5.63. The van der Waals surface area contributed by atoms with Gasteiger partial charge in [0.2, 0.25) is 0 Å². The number of rotatable bonds is 2. The fraction of sp³-hybridized carbons (Fsp3) is 0.250. The first-order chi connectivity index (χ1) is 8.13. The molecule has 4 nitrogen and oxygen atoms in total. The SMILES string of the molecule is COC(=O)c1cncc(C#CCSC(C)=O)c1. The lowest BCUT2D eigenvalue weighted by Gasteiger charge is -1.97. The van der Waals surface area contributed by atoms with Crippen LogP contribution in [0.4, 0.5) is 0 Å². The lowest BCUT2D eigenvalue weighted by atomic mass is 10.2. The highest BCUT2D eigenvalue weighted by Crippen LogP contribution is 2.03. The highest BCUT2D eigenvalue weighted by atomic mass is 32.2. The molecule has 0 unspecified atom stereocenters. The largest absolute Gasteiger partial charge is 0.465 e. The molecule has 0 N–H and O–H groups in total. The summed E-state index contributed by atoms with van der Waals surface area (Å²) < 4.78 is 4.57. The van der Waals surface area contributed by atoms with Gasteiger partial charge in [0.05, 0.1) is 18.4 Å². The fourth-order valence-corrected chi connectivity index (χ4v) is 1.36. The second-order valence-electron chi connectivity index (χ2n) is 3.04. The predicted molar refractivity (Wildman–Crippen MR) is 65.6 cm³/mol. The molecule has 0 bridgehead atoms. The summed E-state index contributed by atoms with van der Waals surface area (Å²) in [6, 6.07) is 1.60. The summed E-state index contributed by atoms with van der Waals surface area (Å²) in [6.07, 6.45) is 2.97. The monoisotopic (exact) mass is 249 g/mol. The van der Waals surface area contributed by atoms with Crippen LogP contribution in [0.3, 0.4) is 0 Å². The van der Waals surface area contributed by atoms with E-state index in [-0.39, 0.29) is 5.12 Å². The van der Waals surface area contributed by atoms with Crippen molar-refractivity contribution in [2.24, 2.45) is 0 Å². The molecule has 1 rings (SSSR count). The number of thioether (sulfide) groups is 1. The number of aromatic nitrogens is 1. The Bertz CT molecular complexity index is 488. The lowest BCUT2D eigenvalue weighted by molar-refractivity contribution is -0.109. The second-order valence-corrected chi connectivity index (χ2v) is 4.19. The van der Waals surface area contributed by atoms with Crippen molar-refractivity contribution >= 4 is 22.8 Å². The molecule has 0 spiro atoms. The van der Waals surface area contributed by atoms with Crippen molar-refractivity contribution in [1.82, 2.24) is 4.98 Å². The molecule has 5 heteroatoms. The molecule has 0 amide bonds. The average molecular weight is 249 g/mol. The number of hydrogen-bond donors (Lipinski definition) is 0. The molecule has 1 heterocycles. The van der Waals surface area contributed by atoms with E-state index in [2.05, 4.69) is 21.6 Å². The first-order valence-corrected chi connectivity index (χ1v) is 5.77. The van der Waals surface area contributed by atoms with Crippen molar-refractivity contribution in [2.45, 2.75) is 6.92 Å². The van der Waals surface area contributed by atoms with Gasteiger partial charge in [-0.05, 0) is 6.07 Å². The molecule has 1 aromatic heterocycles. The minimum absolute atomic E-state index is 0.0285. The van der Waals surface area contributed by atoms with Crippen LogP contribution in [0.15, 0.2) is 18.5 Å². The van der Waals surface area contributed by atoms with Gasteiger partial charge in [0.15, 0.2) is 5.12 Å². The van der Waals surface area contributed by atoms with Crippen molar-refractivity contribution < 1.29 is 14.3 Å². The number of esters is 1. The van der Waals surface area contributed by atoms with Crippen LogP contribution in [0.25, 0.3) is 0 Å². The minimum Gasteiger partial charge on any atom is -0.465 e. The first-order valence-electron chi connectivity index (χ1n) is 4.79. The molecule has 0 atom stereocenters. The molecule has 0 saturated carbocycles. The van der Waals surface area contributed by atoms with E-state index in [1.54, 1.807) is 12.3 Å². The van der Waals surface area contributed by atoms with Gasteiger partial charge in [-0.25, -0.2) is 4.79 Å². The maximum absolute atomic E-state index is 11.2. The Hall–Kier alpha value is -1.80. The van der Waals surface area contributed by atoms with E-state index < -0.39 is 5.97 Å². The molecule has 0 saturated heterocycles. The summed E-state index contributed by atoms with van der Waals surface area (Å²) in [4.78, 5) is 25.8. The van der Waals surface area contributed by atoms with E-state index in [0.29, 0.717) is 16.9 Å². The van der Waals surface area contributed by atoms with Crippen LogP contribution in [0, 0.1) is 11.8 Å². The third kappa shape index (κ3) is 4.70. The summed E-state index contributed by atoms with van der Waals surface area (Å²) in [7, 11) is 1.31. The molecular weight excluding hydrogens is 238 g/mol. The predicted octanol–water partition coefficient (Wildman–Crippen LogP) is 1.50. The van der Waals surface area contributed by atoms with E-state index >= 15 is 0 Å². The number of carbonyl (C=O) groups is 2. The highest BCUT2D eigenvalue weighted by Gasteiger charge is 2.04. The van der Waals surface area contributed by atoms with Gasteiger partial charge in [-0.3, -0.25) is 9.78 Å². The zero-order chi connectivity index (χ0) is 12.7. The van der Waals surface area contributed by atoms with Crippen LogP contribution < -0.4 is 0 Å². The van der Waals surface area contributed by atoms with Gasteiger partial charge < -0.3 is 4.74 Å². The van der Waals surface area contributed by atoms with Crippen molar-refractivity contribution in [3.63, 3.8) is 0 Å². The molecule has 1 aromatic rings. The number of ether oxygens (including phenoxy) is 1. The Balaban J connectivity index is 2.71. The number of nitrogens with zero attached hydrogens (tertiary/aromatic N) is 1. The van der Waals surface area contributed by atoms with Crippen molar-refractivity contribution in [1.29, 1.82) is 0 Å². The van der Waals surface area contributed by atoms with E-state index in [4.69, 9.17) is 0 Å². The maximum atomic E-state index is 11.2. The van der Waals surface area contributed by atoms with Crippen LogP contribution in [0.1, 0.15) is 22.8 Å². The number of hydrogen-bond acceptors (Lipinski definition) is 5. The van der Waals surface area contributed by atoms with Gasteiger partial charge >= 0.3 is 5.97 Å². The van der Waals surface area contributed by atoms with Crippen LogP contribution in [-0.2, 0) is 9.53 Å². The highest BCUT2D eigenvalue weighted by molar-refractivity contribution is 8.13. The van der Waals surface area contributed by atoms with E-state index in [1.165, 1.54) is 20.2 Å². The standard InChI is InChI=1S/C12H11NO3S/c1-9(14)17-5-3-4-10-6-11(8-13-7-10)12(15)16-2/h6-8H,5H2,1-2H3. The Kier molecular flexibility index (Phi) is 5.24. The van der Waals surface area contributed by atoms with Crippen LogP contribution in [-0.4, -0.2) is 28.9 Å². The zero-order valence-corrected chi connectivity index (χ0v) is 10.3.